The Morgan fingerprint density at radius 1 is 1.09 bits per heavy atom. The molecule has 2 N–H and O–H groups in total. The van der Waals surface area contributed by atoms with E-state index < -0.39 is 11.7 Å². The van der Waals surface area contributed by atoms with Crippen LogP contribution in [0.15, 0.2) is 42.6 Å². The third-order valence-corrected chi connectivity index (χ3v) is 6.57. The van der Waals surface area contributed by atoms with Crippen molar-refractivity contribution in [1.29, 1.82) is 0 Å². The second-order valence-corrected chi connectivity index (χ2v) is 8.86. The molecule has 2 heterocycles. The first-order valence-corrected chi connectivity index (χ1v) is 11.4. The highest BCUT2D eigenvalue weighted by Gasteiger charge is 2.28. The molecule has 0 bridgehead atoms. The van der Waals surface area contributed by atoms with Crippen molar-refractivity contribution in [2.24, 2.45) is 0 Å². The van der Waals surface area contributed by atoms with Crippen molar-refractivity contribution in [2.45, 2.75) is 32.9 Å². The highest BCUT2D eigenvalue weighted by molar-refractivity contribution is 6.45. The van der Waals surface area contributed by atoms with E-state index in [1.165, 1.54) is 25.4 Å². The molecule has 4 rings (SSSR count). The Bertz CT molecular complexity index is 1230. The van der Waals surface area contributed by atoms with Crippen LogP contribution in [0.25, 0.3) is 10.9 Å². The Hall–Kier alpha value is -3.52. The Morgan fingerprint density at radius 3 is 2.53 bits per heavy atom. The molecule has 0 saturated carbocycles. The first-order chi connectivity index (χ1) is 16.3. The lowest BCUT2D eigenvalue weighted by molar-refractivity contribution is -0.116. The van der Waals surface area contributed by atoms with E-state index in [1.54, 1.807) is 18.2 Å². The molecular weight excluding hydrogens is 435 g/mol. The van der Waals surface area contributed by atoms with Gasteiger partial charge in [0.2, 0.25) is 0 Å². The summed E-state index contributed by atoms with van der Waals surface area (Å²) in [5, 5.41) is 2.91. The number of aryl methyl sites for hydroxylation is 1. The van der Waals surface area contributed by atoms with E-state index in [1.807, 2.05) is 24.8 Å². The average Bonchev–Trinajstić information content (AvgIpc) is 3.15. The van der Waals surface area contributed by atoms with Crippen LogP contribution in [0.5, 0.6) is 0 Å². The summed E-state index contributed by atoms with van der Waals surface area (Å²) in [6.45, 7) is 6.73. The first-order valence-electron chi connectivity index (χ1n) is 11.4. The van der Waals surface area contributed by atoms with Crippen molar-refractivity contribution in [3.63, 3.8) is 0 Å². The van der Waals surface area contributed by atoms with Gasteiger partial charge in [0.1, 0.15) is 5.82 Å². The van der Waals surface area contributed by atoms with Gasteiger partial charge in [0.25, 0.3) is 17.6 Å². The van der Waals surface area contributed by atoms with Crippen molar-refractivity contribution in [2.75, 3.05) is 26.7 Å². The van der Waals surface area contributed by atoms with Crippen LogP contribution < -0.4 is 5.32 Å². The summed E-state index contributed by atoms with van der Waals surface area (Å²) in [5.41, 5.74) is 3.32. The fourth-order valence-electron chi connectivity index (χ4n) is 4.50. The zero-order valence-corrected chi connectivity index (χ0v) is 19.7. The molecule has 1 unspecified atom stereocenters. The van der Waals surface area contributed by atoms with Crippen LogP contribution in [0.2, 0.25) is 0 Å². The molecule has 0 radical (unpaired) electrons. The molecule has 1 fully saturated rings. The van der Waals surface area contributed by atoms with Gasteiger partial charge in [-0.1, -0.05) is 12.1 Å². The number of carbonyl (C=O) groups is 3. The standard InChI is InChI=1S/C26H29FN4O3/c1-16-12-23-21(22(14-29-23)24(32)25(33)28-3)13-20(16)26(34)31-11-10-30(9-8-17(31)2)15-18-4-6-19(27)7-5-18/h4-7,12-14,17,29H,8-11,15H2,1-3H3,(H,28,33). The molecule has 1 atom stereocenters. The molecule has 178 valence electrons. The summed E-state index contributed by atoms with van der Waals surface area (Å²) < 4.78 is 13.2. The van der Waals surface area contributed by atoms with Gasteiger partial charge in [0.05, 0.1) is 5.56 Å². The number of aromatic nitrogens is 1. The number of ketones is 1. The van der Waals surface area contributed by atoms with Crippen LogP contribution in [0, 0.1) is 12.7 Å². The fourth-order valence-corrected chi connectivity index (χ4v) is 4.50. The monoisotopic (exact) mass is 464 g/mol. The number of Topliss-reactive ketones (excluding diaryl/α,β-unsaturated/α-hetero) is 1. The Balaban J connectivity index is 1.56. The molecule has 3 aromatic rings. The molecule has 7 nitrogen and oxygen atoms in total. The molecule has 1 aliphatic rings. The Morgan fingerprint density at radius 2 is 1.82 bits per heavy atom. The lowest BCUT2D eigenvalue weighted by Crippen LogP contribution is -2.40. The maximum atomic E-state index is 13.6. The van der Waals surface area contributed by atoms with E-state index in [4.69, 9.17) is 0 Å². The quantitative estimate of drug-likeness (QED) is 0.448. The fraction of sp³-hybridized carbons (Fsp3) is 0.346. The minimum absolute atomic E-state index is 0.0408. The van der Waals surface area contributed by atoms with Crippen LogP contribution >= 0.6 is 0 Å². The molecule has 34 heavy (non-hydrogen) atoms. The van der Waals surface area contributed by atoms with Gasteiger partial charge >= 0.3 is 0 Å². The van der Waals surface area contributed by atoms with E-state index in [9.17, 15) is 18.8 Å². The molecule has 1 aliphatic heterocycles. The van der Waals surface area contributed by atoms with Crippen LogP contribution in [-0.2, 0) is 11.3 Å². The van der Waals surface area contributed by atoms with Crippen molar-refractivity contribution in [3.05, 3.63) is 70.7 Å². The highest BCUT2D eigenvalue weighted by atomic mass is 19.1. The van der Waals surface area contributed by atoms with Gasteiger partial charge in [-0.2, -0.15) is 0 Å². The van der Waals surface area contributed by atoms with Crippen LogP contribution in [0.3, 0.4) is 0 Å². The van der Waals surface area contributed by atoms with Crippen molar-refractivity contribution in [1.82, 2.24) is 20.1 Å². The number of benzene rings is 2. The van der Waals surface area contributed by atoms with Gasteiger partial charge in [0.15, 0.2) is 0 Å². The molecule has 0 aliphatic carbocycles. The van der Waals surface area contributed by atoms with Crippen LogP contribution in [0.1, 0.15) is 45.2 Å². The summed E-state index contributed by atoms with van der Waals surface area (Å²) in [7, 11) is 1.41. The third kappa shape index (κ3) is 4.72. The van der Waals surface area contributed by atoms with E-state index >= 15 is 0 Å². The number of rotatable bonds is 5. The molecule has 1 saturated heterocycles. The zero-order valence-electron chi connectivity index (χ0n) is 19.7. The van der Waals surface area contributed by atoms with Gasteiger partial charge in [0, 0.05) is 61.9 Å². The second kappa shape index (κ2) is 9.77. The predicted molar refractivity (Wildman–Crippen MR) is 128 cm³/mol. The maximum absolute atomic E-state index is 13.6. The summed E-state index contributed by atoms with van der Waals surface area (Å²) in [4.78, 5) is 45.1. The molecule has 0 spiro atoms. The van der Waals surface area contributed by atoms with E-state index in [0.29, 0.717) is 36.1 Å². The van der Waals surface area contributed by atoms with Gasteiger partial charge < -0.3 is 15.2 Å². The number of hydrogen-bond donors (Lipinski definition) is 2. The third-order valence-electron chi connectivity index (χ3n) is 6.57. The number of halogens is 1. The number of hydrogen-bond acceptors (Lipinski definition) is 4. The second-order valence-electron chi connectivity index (χ2n) is 8.86. The van der Waals surface area contributed by atoms with E-state index in [-0.39, 0.29) is 23.3 Å². The average molecular weight is 465 g/mol. The number of fused-ring (bicyclic) bond motifs is 1. The molecular formula is C26H29FN4O3. The molecule has 2 aromatic carbocycles. The van der Waals surface area contributed by atoms with Gasteiger partial charge in [-0.05, 0) is 55.7 Å². The van der Waals surface area contributed by atoms with Crippen molar-refractivity contribution < 1.29 is 18.8 Å². The summed E-state index contributed by atoms with van der Waals surface area (Å²) in [6, 6.07) is 10.1. The normalized spacial score (nSPS) is 16.9. The topological polar surface area (TPSA) is 85.5 Å². The van der Waals surface area contributed by atoms with E-state index in [2.05, 4.69) is 15.2 Å². The number of aromatic amines is 1. The SMILES string of the molecule is CNC(=O)C(=O)c1c[nH]c2cc(C)c(C(=O)N3CCN(Cc4ccc(F)cc4)CCC3C)cc12. The maximum Gasteiger partial charge on any atom is 0.292 e. The highest BCUT2D eigenvalue weighted by Crippen LogP contribution is 2.26. The predicted octanol–water partition coefficient (Wildman–Crippen LogP) is 3.28. The molecule has 1 aromatic heterocycles. The Labute approximate surface area is 197 Å². The molecule has 2 amide bonds. The number of nitrogens with zero attached hydrogens (tertiary/aromatic N) is 2. The van der Waals surface area contributed by atoms with Crippen LogP contribution in [0.4, 0.5) is 4.39 Å². The largest absolute Gasteiger partial charge is 0.360 e. The summed E-state index contributed by atoms with van der Waals surface area (Å²) in [5.74, 6) is -1.68. The van der Waals surface area contributed by atoms with Gasteiger partial charge in [-0.25, -0.2) is 4.39 Å². The minimum atomic E-state index is -0.697. The zero-order chi connectivity index (χ0) is 24.4. The number of nitrogens with one attached hydrogen (secondary N) is 2. The minimum Gasteiger partial charge on any atom is -0.360 e. The first kappa shape index (κ1) is 23.6. The number of H-pyrrole nitrogens is 1. The van der Waals surface area contributed by atoms with Crippen molar-refractivity contribution >= 4 is 28.5 Å². The number of likely N-dealkylation sites (N-methyl/N-ethyl adjacent to an activating group) is 1. The summed E-state index contributed by atoms with van der Waals surface area (Å²) >= 11 is 0. The lowest BCUT2D eigenvalue weighted by atomic mass is 10.0. The van der Waals surface area contributed by atoms with Gasteiger partial charge in [-0.15, -0.1) is 0 Å². The Kier molecular flexibility index (Phi) is 6.79. The number of amides is 2. The van der Waals surface area contributed by atoms with Crippen molar-refractivity contribution in [3.8, 4) is 0 Å². The van der Waals surface area contributed by atoms with Crippen LogP contribution in [-0.4, -0.2) is 65.1 Å². The summed E-state index contributed by atoms with van der Waals surface area (Å²) in [6.07, 6.45) is 2.33. The number of carbonyl (C=O) groups excluding carboxylic acids is 3. The smallest absolute Gasteiger partial charge is 0.292 e. The van der Waals surface area contributed by atoms with Gasteiger partial charge in [-0.3, -0.25) is 19.3 Å². The molecule has 8 heteroatoms. The lowest BCUT2D eigenvalue weighted by Gasteiger charge is -2.27. The van der Waals surface area contributed by atoms with E-state index in [0.717, 1.165) is 24.1 Å².